The minimum absolute atomic E-state index is 0.281. The third-order valence-corrected chi connectivity index (χ3v) is 4.38. The number of aromatic nitrogens is 1. The highest BCUT2D eigenvalue weighted by Gasteiger charge is 2.38. The Morgan fingerprint density at radius 3 is 2.50 bits per heavy atom. The van der Waals surface area contributed by atoms with Crippen molar-refractivity contribution in [1.29, 1.82) is 0 Å². The van der Waals surface area contributed by atoms with E-state index in [0.717, 1.165) is 19.6 Å². The summed E-state index contributed by atoms with van der Waals surface area (Å²) < 4.78 is 76.0. The van der Waals surface area contributed by atoms with Gasteiger partial charge in [0.05, 0.1) is 17.3 Å². The lowest BCUT2D eigenvalue weighted by molar-refractivity contribution is -0.192. The molecule has 1 aromatic heterocycles. The number of ether oxygens (including phenoxy) is 1. The number of hydrogen-bond donors (Lipinski definition) is 2. The lowest BCUT2D eigenvalue weighted by atomic mass is 10.1. The Morgan fingerprint density at radius 1 is 1.29 bits per heavy atom. The summed E-state index contributed by atoms with van der Waals surface area (Å²) in [6.07, 6.45) is -10.1. The highest BCUT2D eigenvalue weighted by molar-refractivity contribution is 6.31. The Kier molecular flexibility index (Phi) is 7.12. The Morgan fingerprint density at radius 2 is 1.93 bits per heavy atom. The van der Waals surface area contributed by atoms with Crippen molar-refractivity contribution in [2.45, 2.75) is 24.5 Å². The number of nitrogens with one attached hydrogen (secondary N) is 1. The maximum atomic E-state index is 12.9. The fourth-order valence-corrected chi connectivity index (χ4v) is 2.93. The number of alkyl halides is 6. The fraction of sp³-hybridized carbons (Fsp3) is 0.600. The van der Waals surface area contributed by atoms with E-state index in [0.29, 0.717) is 13.2 Å². The molecule has 2 N–H and O–H groups in total. The molecule has 28 heavy (non-hydrogen) atoms. The quantitative estimate of drug-likeness (QED) is 0.661. The number of fused-ring (bicyclic) bond motifs is 1. The summed E-state index contributed by atoms with van der Waals surface area (Å²) in [5.74, 6) is -2.76. The SMILES string of the molecule is FC(F)(F)c1nc([C@@H]2CN3CCNC[C@H]3CO2)ccc1Cl.O=C(O)C(F)(F)F. The van der Waals surface area contributed by atoms with Gasteiger partial charge in [-0.3, -0.25) is 4.90 Å². The van der Waals surface area contributed by atoms with Gasteiger partial charge in [-0.25, -0.2) is 9.78 Å². The number of carboxylic acids is 1. The normalized spacial score (nSPS) is 23.4. The first kappa shape index (κ1) is 22.7. The van der Waals surface area contributed by atoms with Crippen LogP contribution in [0.4, 0.5) is 26.3 Å². The predicted octanol–water partition coefficient (Wildman–Crippen LogP) is 2.73. The number of rotatable bonds is 1. The Labute approximate surface area is 160 Å². The molecule has 0 aliphatic carbocycles. The van der Waals surface area contributed by atoms with E-state index in [2.05, 4.69) is 15.2 Å². The molecule has 2 aliphatic heterocycles. The van der Waals surface area contributed by atoms with Gasteiger partial charge in [-0.1, -0.05) is 11.6 Å². The first-order valence-electron chi connectivity index (χ1n) is 7.99. The van der Waals surface area contributed by atoms with Crippen LogP contribution in [0, 0.1) is 0 Å². The molecule has 3 heterocycles. The van der Waals surface area contributed by atoms with Crippen molar-refractivity contribution in [3.8, 4) is 0 Å². The van der Waals surface area contributed by atoms with Crippen LogP contribution in [0.1, 0.15) is 17.5 Å². The predicted molar refractivity (Wildman–Crippen MR) is 84.9 cm³/mol. The summed E-state index contributed by atoms with van der Waals surface area (Å²) in [6, 6.07) is 3.02. The molecular formula is C15H16ClF6N3O3. The summed E-state index contributed by atoms with van der Waals surface area (Å²) in [5.41, 5.74) is -0.767. The van der Waals surface area contributed by atoms with Crippen LogP contribution in [0.25, 0.3) is 0 Å². The van der Waals surface area contributed by atoms with Gasteiger partial charge in [-0.05, 0) is 12.1 Å². The maximum Gasteiger partial charge on any atom is 0.490 e. The number of carboxylic acid groups (broad SMARTS) is 1. The monoisotopic (exact) mass is 435 g/mol. The highest BCUT2D eigenvalue weighted by Crippen LogP contribution is 2.35. The fourth-order valence-electron chi connectivity index (χ4n) is 2.71. The third kappa shape index (κ3) is 5.93. The van der Waals surface area contributed by atoms with Gasteiger partial charge < -0.3 is 15.2 Å². The van der Waals surface area contributed by atoms with Gasteiger partial charge in [0.15, 0.2) is 5.69 Å². The zero-order valence-electron chi connectivity index (χ0n) is 14.1. The van der Waals surface area contributed by atoms with E-state index < -0.39 is 30.1 Å². The van der Waals surface area contributed by atoms with Crippen molar-refractivity contribution in [2.75, 3.05) is 32.8 Å². The van der Waals surface area contributed by atoms with Gasteiger partial charge >= 0.3 is 18.3 Å². The van der Waals surface area contributed by atoms with Crippen LogP contribution in [0.5, 0.6) is 0 Å². The van der Waals surface area contributed by atoms with Crippen molar-refractivity contribution >= 4 is 17.6 Å². The topological polar surface area (TPSA) is 74.7 Å². The molecule has 0 saturated carbocycles. The van der Waals surface area contributed by atoms with E-state index in [4.69, 9.17) is 26.2 Å². The largest absolute Gasteiger partial charge is 0.490 e. The smallest absolute Gasteiger partial charge is 0.475 e. The van der Waals surface area contributed by atoms with Crippen LogP contribution in [0.2, 0.25) is 5.02 Å². The number of nitrogens with zero attached hydrogens (tertiary/aromatic N) is 2. The maximum absolute atomic E-state index is 12.9. The lowest BCUT2D eigenvalue weighted by Crippen LogP contribution is -2.57. The average molecular weight is 436 g/mol. The molecule has 6 nitrogen and oxygen atoms in total. The molecule has 3 rings (SSSR count). The zero-order chi connectivity index (χ0) is 21.1. The summed E-state index contributed by atoms with van der Waals surface area (Å²) in [7, 11) is 0. The second-order valence-electron chi connectivity index (χ2n) is 6.04. The standard InChI is InChI=1S/C13H15ClF3N3O.C2HF3O2/c14-9-1-2-10(19-12(9)13(15,16)17)11-6-20-4-3-18-5-8(20)7-21-11;3-2(4,5)1(6)7/h1-2,8,11,18H,3-7H2;(H,6,7)/t8-,11-;/m0./s1. The number of halogens is 7. The molecule has 0 unspecified atom stereocenters. The van der Waals surface area contributed by atoms with Gasteiger partial charge in [-0.15, -0.1) is 0 Å². The van der Waals surface area contributed by atoms with Gasteiger partial charge in [0.25, 0.3) is 0 Å². The molecule has 0 aromatic carbocycles. The number of hydrogen-bond acceptors (Lipinski definition) is 5. The van der Waals surface area contributed by atoms with Gasteiger partial charge in [0.1, 0.15) is 6.10 Å². The molecule has 2 saturated heterocycles. The van der Waals surface area contributed by atoms with Crippen molar-refractivity contribution in [3.05, 3.63) is 28.5 Å². The van der Waals surface area contributed by atoms with Crippen molar-refractivity contribution in [3.63, 3.8) is 0 Å². The zero-order valence-corrected chi connectivity index (χ0v) is 14.9. The van der Waals surface area contributed by atoms with E-state index in [1.54, 1.807) is 0 Å². The molecule has 2 fully saturated rings. The van der Waals surface area contributed by atoms with E-state index in [1.165, 1.54) is 12.1 Å². The van der Waals surface area contributed by atoms with Gasteiger partial charge in [-0.2, -0.15) is 26.3 Å². The number of piperazine rings is 1. The minimum atomic E-state index is -5.08. The van der Waals surface area contributed by atoms with Crippen LogP contribution in [0.3, 0.4) is 0 Å². The number of morpholine rings is 1. The highest BCUT2D eigenvalue weighted by atomic mass is 35.5. The van der Waals surface area contributed by atoms with E-state index >= 15 is 0 Å². The first-order chi connectivity index (χ1) is 12.9. The van der Waals surface area contributed by atoms with Crippen LogP contribution in [-0.4, -0.2) is 66.0 Å². The molecule has 158 valence electrons. The molecule has 13 heteroatoms. The van der Waals surface area contributed by atoms with Crippen LogP contribution < -0.4 is 5.32 Å². The van der Waals surface area contributed by atoms with Crippen molar-refractivity contribution in [2.24, 2.45) is 0 Å². The summed E-state index contributed by atoms with van der Waals surface area (Å²) in [4.78, 5) is 14.8. The van der Waals surface area contributed by atoms with Crippen molar-refractivity contribution in [1.82, 2.24) is 15.2 Å². The molecule has 0 spiro atoms. The second kappa shape index (κ2) is 8.80. The second-order valence-corrected chi connectivity index (χ2v) is 6.45. The number of aliphatic carboxylic acids is 1. The van der Waals surface area contributed by atoms with Crippen LogP contribution in [-0.2, 0) is 15.7 Å². The van der Waals surface area contributed by atoms with Crippen LogP contribution in [0.15, 0.2) is 12.1 Å². The average Bonchev–Trinajstić information content (AvgIpc) is 2.60. The molecular weight excluding hydrogens is 420 g/mol. The van der Waals surface area contributed by atoms with E-state index in [1.807, 2.05) is 0 Å². The molecule has 2 aliphatic rings. The number of pyridine rings is 1. The van der Waals surface area contributed by atoms with Crippen LogP contribution >= 0.6 is 11.6 Å². The third-order valence-electron chi connectivity index (χ3n) is 4.07. The summed E-state index contributed by atoms with van der Waals surface area (Å²) >= 11 is 5.59. The van der Waals surface area contributed by atoms with E-state index in [-0.39, 0.29) is 16.8 Å². The molecule has 1 aromatic rings. The van der Waals surface area contributed by atoms with Gasteiger partial charge in [0.2, 0.25) is 0 Å². The number of carbonyl (C=O) groups is 1. The Hall–Kier alpha value is -1.63. The molecule has 0 bridgehead atoms. The molecule has 2 atom stereocenters. The lowest BCUT2D eigenvalue weighted by Gasteiger charge is -2.42. The van der Waals surface area contributed by atoms with Crippen molar-refractivity contribution < 1.29 is 41.0 Å². The molecule has 0 amide bonds. The first-order valence-corrected chi connectivity index (χ1v) is 8.37. The minimum Gasteiger partial charge on any atom is -0.475 e. The van der Waals surface area contributed by atoms with E-state index in [9.17, 15) is 26.3 Å². The summed E-state index contributed by atoms with van der Waals surface area (Å²) in [6.45, 7) is 3.63. The molecule has 0 radical (unpaired) electrons. The summed E-state index contributed by atoms with van der Waals surface area (Å²) in [5, 5.41) is 10.0. The van der Waals surface area contributed by atoms with Gasteiger partial charge in [0, 0.05) is 32.2 Å². The Bertz CT molecular complexity index is 701. The Balaban J connectivity index is 0.000000345.